The van der Waals surface area contributed by atoms with Crippen LogP contribution in [0.15, 0.2) is 29.4 Å². The van der Waals surface area contributed by atoms with Crippen molar-refractivity contribution >= 4 is 23.4 Å². The van der Waals surface area contributed by atoms with Gasteiger partial charge >= 0.3 is 0 Å². The molecule has 0 radical (unpaired) electrons. The first-order chi connectivity index (χ1) is 10.5. The SMILES string of the molecule is CC[C@H](C)c1ccccc1NC(=O)[C@@H](C)Sc1nnnn1C. The second kappa shape index (κ2) is 7.40. The molecule has 1 aromatic carbocycles. The maximum absolute atomic E-state index is 12.4. The number of para-hydroxylation sites is 1. The summed E-state index contributed by atoms with van der Waals surface area (Å²) in [6.45, 7) is 6.15. The summed E-state index contributed by atoms with van der Waals surface area (Å²) in [5, 5.41) is 14.6. The molecule has 118 valence electrons. The van der Waals surface area contributed by atoms with Crippen molar-refractivity contribution in [2.24, 2.45) is 7.05 Å². The Bertz CT molecular complexity index is 642. The zero-order valence-electron chi connectivity index (χ0n) is 13.3. The molecular weight excluding hydrogens is 298 g/mol. The number of carbonyl (C=O) groups is 1. The van der Waals surface area contributed by atoms with Crippen LogP contribution in [0.4, 0.5) is 5.69 Å². The Hall–Kier alpha value is -1.89. The molecule has 1 aromatic heterocycles. The number of hydrogen-bond donors (Lipinski definition) is 1. The molecule has 2 aromatic rings. The van der Waals surface area contributed by atoms with Gasteiger partial charge in [0.05, 0.1) is 5.25 Å². The molecule has 0 aliphatic carbocycles. The average molecular weight is 319 g/mol. The lowest BCUT2D eigenvalue weighted by atomic mass is 9.97. The van der Waals surface area contributed by atoms with Gasteiger partial charge in [0, 0.05) is 12.7 Å². The Labute approximate surface area is 134 Å². The molecular formula is C15H21N5OS. The Morgan fingerprint density at radius 3 is 2.73 bits per heavy atom. The van der Waals surface area contributed by atoms with Crippen molar-refractivity contribution in [1.29, 1.82) is 0 Å². The highest BCUT2D eigenvalue weighted by molar-refractivity contribution is 8.00. The monoisotopic (exact) mass is 319 g/mol. The van der Waals surface area contributed by atoms with E-state index in [0.29, 0.717) is 11.1 Å². The van der Waals surface area contributed by atoms with Crippen molar-refractivity contribution < 1.29 is 4.79 Å². The summed E-state index contributed by atoms with van der Waals surface area (Å²) < 4.78 is 1.56. The van der Waals surface area contributed by atoms with E-state index in [1.807, 2.05) is 25.1 Å². The first kappa shape index (κ1) is 16.5. The van der Waals surface area contributed by atoms with Crippen LogP contribution in [0.5, 0.6) is 0 Å². The van der Waals surface area contributed by atoms with Crippen LogP contribution in [-0.4, -0.2) is 31.4 Å². The fourth-order valence-corrected chi connectivity index (χ4v) is 2.78. The summed E-state index contributed by atoms with van der Waals surface area (Å²) in [6.07, 6.45) is 1.03. The van der Waals surface area contributed by atoms with E-state index in [1.165, 1.54) is 11.8 Å². The van der Waals surface area contributed by atoms with Crippen molar-refractivity contribution in [2.45, 2.75) is 43.5 Å². The number of rotatable bonds is 6. The number of carbonyl (C=O) groups excluding carboxylic acids is 1. The first-order valence-corrected chi connectivity index (χ1v) is 8.19. The molecule has 1 heterocycles. The normalized spacial score (nSPS) is 13.6. The van der Waals surface area contributed by atoms with Crippen molar-refractivity contribution in [1.82, 2.24) is 20.2 Å². The number of amides is 1. The topological polar surface area (TPSA) is 72.7 Å². The first-order valence-electron chi connectivity index (χ1n) is 7.31. The molecule has 2 rings (SSSR count). The number of aryl methyl sites for hydroxylation is 1. The van der Waals surface area contributed by atoms with Crippen LogP contribution in [0.2, 0.25) is 0 Å². The second-order valence-corrected chi connectivity index (χ2v) is 6.54. The third kappa shape index (κ3) is 3.85. The molecule has 2 atom stereocenters. The van der Waals surface area contributed by atoms with Gasteiger partial charge in [-0.05, 0) is 41.3 Å². The number of benzene rings is 1. The number of anilines is 1. The molecule has 22 heavy (non-hydrogen) atoms. The van der Waals surface area contributed by atoms with Gasteiger partial charge in [-0.15, -0.1) is 5.10 Å². The molecule has 0 aliphatic rings. The Morgan fingerprint density at radius 2 is 2.09 bits per heavy atom. The van der Waals surface area contributed by atoms with Crippen molar-refractivity contribution in [3.8, 4) is 0 Å². The summed E-state index contributed by atoms with van der Waals surface area (Å²) in [5.74, 6) is 0.353. The van der Waals surface area contributed by atoms with Crippen molar-refractivity contribution in [3.63, 3.8) is 0 Å². The largest absolute Gasteiger partial charge is 0.325 e. The van der Waals surface area contributed by atoms with E-state index < -0.39 is 0 Å². The van der Waals surface area contributed by atoms with E-state index >= 15 is 0 Å². The van der Waals surface area contributed by atoms with Gasteiger partial charge in [0.1, 0.15) is 0 Å². The molecule has 0 aliphatic heterocycles. The summed E-state index contributed by atoms with van der Waals surface area (Å²) in [6, 6.07) is 7.95. The molecule has 6 nitrogen and oxygen atoms in total. The van der Waals surface area contributed by atoms with Crippen molar-refractivity contribution in [2.75, 3.05) is 5.32 Å². The molecule has 0 bridgehead atoms. The quantitative estimate of drug-likeness (QED) is 0.829. The molecule has 0 fully saturated rings. The summed E-state index contributed by atoms with van der Waals surface area (Å²) in [4.78, 5) is 12.4. The highest BCUT2D eigenvalue weighted by Crippen LogP contribution is 2.27. The van der Waals surface area contributed by atoms with E-state index in [-0.39, 0.29) is 11.2 Å². The van der Waals surface area contributed by atoms with Gasteiger partial charge in [0.15, 0.2) is 0 Å². The fourth-order valence-electron chi connectivity index (χ4n) is 2.03. The van der Waals surface area contributed by atoms with Gasteiger partial charge in [0.25, 0.3) is 0 Å². The molecule has 7 heteroatoms. The van der Waals surface area contributed by atoms with Gasteiger partial charge < -0.3 is 5.32 Å². The van der Waals surface area contributed by atoms with Crippen LogP contribution in [0.1, 0.15) is 38.7 Å². The van der Waals surface area contributed by atoms with Gasteiger partial charge in [-0.25, -0.2) is 4.68 Å². The standard InChI is InChI=1S/C15H21N5OS/c1-5-10(2)12-8-6-7-9-13(12)16-14(21)11(3)22-15-17-18-19-20(15)4/h6-11H,5H2,1-4H3,(H,16,21)/t10-,11+/m0/s1. The zero-order chi connectivity index (χ0) is 16.1. The highest BCUT2D eigenvalue weighted by atomic mass is 32.2. The average Bonchev–Trinajstić information content (AvgIpc) is 2.92. The summed E-state index contributed by atoms with van der Waals surface area (Å²) in [5.41, 5.74) is 2.04. The minimum Gasteiger partial charge on any atom is -0.325 e. The number of nitrogens with zero attached hydrogens (tertiary/aromatic N) is 4. The lowest BCUT2D eigenvalue weighted by molar-refractivity contribution is -0.115. The van der Waals surface area contributed by atoms with Crippen LogP contribution < -0.4 is 5.32 Å². The van der Waals surface area contributed by atoms with E-state index in [2.05, 4.69) is 40.8 Å². The predicted octanol–water partition coefficient (Wildman–Crippen LogP) is 2.84. The third-order valence-electron chi connectivity index (χ3n) is 3.59. The third-order valence-corrected chi connectivity index (χ3v) is 4.72. The van der Waals surface area contributed by atoms with Crippen LogP contribution in [-0.2, 0) is 11.8 Å². The number of thioether (sulfide) groups is 1. The number of nitrogens with one attached hydrogen (secondary N) is 1. The van der Waals surface area contributed by atoms with E-state index in [1.54, 1.807) is 11.7 Å². The summed E-state index contributed by atoms with van der Waals surface area (Å²) >= 11 is 1.34. The lowest BCUT2D eigenvalue weighted by Gasteiger charge is -2.17. The molecule has 1 N–H and O–H groups in total. The fraction of sp³-hybridized carbons (Fsp3) is 0.467. The van der Waals surface area contributed by atoms with E-state index in [9.17, 15) is 4.79 Å². The number of aromatic nitrogens is 4. The van der Waals surface area contributed by atoms with Crippen LogP contribution >= 0.6 is 11.8 Å². The Morgan fingerprint density at radius 1 is 1.36 bits per heavy atom. The van der Waals surface area contributed by atoms with Crippen LogP contribution in [0.25, 0.3) is 0 Å². The predicted molar refractivity (Wildman–Crippen MR) is 87.9 cm³/mol. The highest BCUT2D eigenvalue weighted by Gasteiger charge is 2.19. The van der Waals surface area contributed by atoms with Crippen LogP contribution in [0, 0.1) is 0 Å². The van der Waals surface area contributed by atoms with E-state index in [0.717, 1.165) is 17.7 Å². The van der Waals surface area contributed by atoms with Gasteiger partial charge in [-0.2, -0.15) is 0 Å². The molecule has 0 spiro atoms. The zero-order valence-corrected chi connectivity index (χ0v) is 14.1. The van der Waals surface area contributed by atoms with Gasteiger partial charge in [-0.3, -0.25) is 4.79 Å². The van der Waals surface area contributed by atoms with E-state index in [4.69, 9.17) is 0 Å². The van der Waals surface area contributed by atoms with Crippen molar-refractivity contribution in [3.05, 3.63) is 29.8 Å². The minimum absolute atomic E-state index is 0.0521. The van der Waals surface area contributed by atoms with Gasteiger partial charge in [0.2, 0.25) is 11.1 Å². The number of hydrogen-bond acceptors (Lipinski definition) is 5. The Kier molecular flexibility index (Phi) is 5.54. The minimum atomic E-state index is -0.283. The Balaban J connectivity index is 2.07. The molecule has 1 amide bonds. The molecule has 0 saturated heterocycles. The summed E-state index contributed by atoms with van der Waals surface area (Å²) in [7, 11) is 1.76. The number of tetrazole rings is 1. The second-order valence-electron chi connectivity index (χ2n) is 5.23. The lowest BCUT2D eigenvalue weighted by Crippen LogP contribution is -2.23. The molecule has 0 saturated carbocycles. The van der Waals surface area contributed by atoms with Gasteiger partial charge in [-0.1, -0.05) is 43.8 Å². The maximum Gasteiger partial charge on any atom is 0.237 e. The van der Waals surface area contributed by atoms with Crippen LogP contribution in [0.3, 0.4) is 0 Å². The maximum atomic E-state index is 12.4. The molecule has 0 unspecified atom stereocenters. The smallest absolute Gasteiger partial charge is 0.237 e.